The van der Waals surface area contributed by atoms with Crippen LogP contribution in [0.4, 0.5) is 11.6 Å². The number of amides is 1. The zero-order valence-electron chi connectivity index (χ0n) is 11.3. The summed E-state index contributed by atoms with van der Waals surface area (Å²) in [5.41, 5.74) is 0. The van der Waals surface area contributed by atoms with E-state index in [0.717, 1.165) is 37.4 Å². The molecule has 0 radical (unpaired) electrons. The lowest BCUT2D eigenvalue weighted by atomic mass is 10.4. The highest BCUT2D eigenvalue weighted by Gasteiger charge is 2.22. The number of carbonyl (C=O) groups excluding carboxylic acids is 1. The van der Waals surface area contributed by atoms with Crippen molar-refractivity contribution >= 4 is 17.5 Å². The second-order valence-electron chi connectivity index (χ2n) is 4.73. The van der Waals surface area contributed by atoms with Gasteiger partial charge >= 0.3 is 0 Å². The molecule has 0 saturated heterocycles. The van der Waals surface area contributed by atoms with Gasteiger partial charge in [-0.05, 0) is 19.3 Å². The van der Waals surface area contributed by atoms with E-state index in [4.69, 9.17) is 0 Å². The fourth-order valence-corrected chi connectivity index (χ4v) is 1.64. The lowest BCUT2D eigenvalue weighted by Gasteiger charge is -2.08. The van der Waals surface area contributed by atoms with Gasteiger partial charge in [-0.2, -0.15) is 0 Å². The van der Waals surface area contributed by atoms with Gasteiger partial charge in [0.2, 0.25) is 5.91 Å². The van der Waals surface area contributed by atoms with Gasteiger partial charge < -0.3 is 16.0 Å². The van der Waals surface area contributed by atoms with E-state index in [1.807, 2.05) is 6.07 Å². The van der Waals surface area contributed by atoms with Crippen LogP contribution in [0.3, 0.4) is 0 Å². The molecule has 1 fully saturated rings. The first-order valence-corrected chi connectivity index (χ1v) is 6.87. The Morgan fingerprint density at radius 1 is 1.26 bits per heavy atom. The molecule has 1 aromatic heterocycles. The number of hydrogen-bond donors (Lipinski definition) is 3. The van der Waals surface area contributed by atoms with Crippen molar-refractivity contribution in [1.29, 1.82) is 0 Å². The van der Waals surface area contributed by atoms with E-state index in [1.165, 1.54) is 6.33 Å². The number of aromatic nitrogens is 2. The first-order chi connectivity index (χ1) is 9.28. The second kappa shape index (κ2) is 6.92. The first kappa shape index (κ1) is 13.6. The van der Waals surface area contributed by atoms with Crippen molar-refractivity contribution in [1.82, 2.24) is 15.3 Å². The van der Waals surface area contributed by atoms with Crippen LogP contribution in [0.15, 0.2) is 12.4 Å². The largest absolute Gasteiger partial charge is 0.370 e. The van der Waals surface area contributed by atoms with Crippen LogP contribution < -0.4 is 16.0 Å². The van der Waals surface area contributed by atoms with E-state index in [1.54, 1.807) is 0 Å². The highest BCUT2D eigenvalue weighted by molar-refractivity contribution is 5.77. The summed E-state index contributed by atoms with van der Waals surface area (Å²) in [5, 5.41) is 9.29. The van der Waals surface area contributed by atoms with Gasteiger partial charge in [-0.1, -0.05) is 6.92 Å². The minimum Gasteiger partial charge on any atom is -0.370 e. The average Bonchev–Trinajstić information content (AvgIpc) is 3.21. The van der Waals surface area contributed by atoms with E-state index in [9.17, 15) is 4.79 Å². The predicted molar refractivity (Wildman–Crippen MR) is 75.1 cm³/mol. The van der Waals surface area contributed by atoms with Crippen LogP contribution in [0, 0.1) is 0 Å². The summed E-state index contributed by atoms with van der Waals surface area (Å²) in [6.45, 7) is 3.58. The maximum absolute atomic E-state index is 11.5. The van der Waals surface area contributed by atoms with Crippen molar-refractivity contribution in [3.63, 3.8) is 0 Å². The molecular weight excluding hydrogens is 242 g/mol. The van der Waals surface area contributed by atoms with Gasteiger partial charge in [0.1, 0.15) is 18.0 Å². The number of carbonyl (C=O) groups is 1. The van der Waals surface area contributed by atoms with Crippen molar-refractivity contribution in [2.45, 2.75) is 38.6 Å². The molecule has 0 spiro atoms. The molecule has 0 aliphatic heterocycles. The zero-order valence-corrected chi connectivity index (χ0v) is 11.3. The van der Waals surface area contributed by atoms with Crippen LogP contribution in [0.5, 0.6) is 0 Å². The lowest BCUT2D eigenvalue weighted by Crippen LogP contribution is -2.27. The first-order valence-electron chi connectivity index (χ1n) is 6.87. The molecule has 2 rings (SSSR count). The van der Waals surface area contributed by atoms with Gasteiger partial charge in [-0.25, -0.2) is 9.97 Å². The Hall–Kier alpha value is -1.85. The van der Waals surface area contributed by atoms with E-state index in [-0.39, 0.29) is 5.91 Å². The maximum Gasteiger partial charge on any atom is 0.221 e. The van der Waals surface area contributed by atoms with E-state index in [2.05, 4.69) is 32.8 Å². The Morgan fingerprint density at radius 3 is 2.58 bits per heavy atom. The normalized spacial score (nSPS) is 13.9. The minimum absolute atomic E-state index is 0.105. The van der Waals surface area contributed by atoms with Gasteiger partial charge in [-0.3, -0.25) is 4.79 Å². The molecule has 3 N–H and O–H groups in total. The molecule has 0 unspecified atom stereocenters. The lowest BCUT2D eigenvalue weighted by molar-refractivity contribution is -0.120. The van der Waals surface area contributed by atoms with Gasteiger partial charge in [-0.15, -0.1) is 0 Å². The molecular formula is C13H21N5O. The average molecular weight is 263 g/mol. The van der Waals surface area contributed by atoms with Crippen LogP contribution in [0.1, 0.15) is 32.6 Å². The van der Waals surface area contributed by atoms with E-state index in [0.29, 0.717) is 19.0 Å². The molecule has 1 saturated carbocycles. The summed E-state index contributed by atoms with van der Waals surface area (Å²) in [6, 6.07) is 2.28. The SMILES string of the molecule is CCCNc1cc(NCCC(=O)NC2CC2)ncn1. The van der Waals surface area contributed by atoms with Crippen molar-refractivity contribution in [3.8, 4) is 0 Å². The van der Waals surface area contributed by atoms with Crippen molar-refractivity contribution in [2.24, 2.45) is 0 Å². The van der Waals surface area contributed by atoms with Crippen LogP contribution in [-0.4, -0.2) is 35.0 Å². The number of anilines is 2. The van der Waals surface area contributed by atoms with Gasteiger partial charge in [0, 0.05) is 31.6 Å². The summed E-state index contributed by atoms with van der Waals surface area (Å²) in [4.78, 5) is 19.7. The molecule has 1 amide bonds. The molecule has 1 aliphatic carbocycles. The van der Waals surface area contributed by atoms with Crippen molar-refractivity contribution < 1.29 is 4.79 Å². The molecule has 0 aromatic carbocycles. The highest BCUT2D eigenvalue weighted by atomic mass is 16.1. The highest BCUT2D eigenvalue weighted by Crippen LogP contribution is 2.18. The van der Waals surface area contributed by atoms with Crippen LogP contribution in [0.25, 0.3) is 0 Å². The summed E-state index contributed by atoms with van der Waals surface area (Å²) < 4.78 is 0. The van der Waals surface area contributed by atoms with Crippen LogP contribution in [0.2, 0.25) is 0 Å². The van der Waals surface area contributed by atoms with Crippen molar-refractivity contribution in [2.75, 3.05) is 23.7 Å². The molecule has 1 heterocycles. The van der Waals surface area contributed by atoms with Gasteiger partial charge in [0.25, 0.3) is 0 Å². The van der Waals surface area contributed by atoms with Crippen LogP contribution in [-0.2, 0) is 4.79 Å². The fourth-order valence-electron chi connectivity index (χ4n) is 1.64. The molecule has 104 valence electrons. The number of nitrogens with zero attached hydrogens (tertiary/aromatic N) is 2. The monoisotopic (exact) mass is 263 g/mol. The molecule has 19 heavy (non-hydrogen) atoms. The van der Waals surface area contributed by atoms with Crippen molar-refractivity contribution in [3.05, 3.63) is 12.4 Å². The minimum atomic E-state index is 0.105. The Labute approximate surface area is 113 Å². The predicted octanol–water partition coefficient (Wildman–Crippen LogP) is 1.38. The van der Waals surface area contributed by atoms with Gasteiger partial charge in [0.05, 0.1) is 0 Å². The number of rotatable bonds is 8. The summed E-state index contributed by atoms with van der Waals surface area (Å²) in [5.74, 6) is 1.66. The van der Waals surface area contributed by atoms with E-state index < -0.39 is 0 Å². The zero-order chi connectivity index (χ0) is 13.5. The molecule has 0 atom stereocenters. The van der Waals surface area contributed by atoms with Gasteiger partial charge in [0.15, 0.2) is 0 Å². The third-order valence-corrected chi connectivity index (χ3v) is 2.82. The number of hydrogen-bond acceptors (Lipinski definition) is 5. The number of nitrogens with one attached hydrogen (secondary N) is 3. The molecule has 1 aliphatic rings. The molecule has 6 nitrogen and oxygen atoms in total. The molecule has 1 aromatic rings. The summed E-state index contributed by atoms with van der Waals surface area (Å²) in [6.07, 6.45) is 5.28. The van der Waals surface area contributed by atoms with E-state index >= 15 is 0 Å². The quantitative estimate of drug-likeness (QED) is 0.660. The standard InChI is InChI=1S/C13H21N5O/c1-2-6-14-11-8-12(17-9-16-11)15-7-5-13(19)18-10-3-4-10/h8-10H,2-7H2,1H3,(H,18,19)(H2,14,15,16,17). The second-order valence-corrected chi connectivity index (χ2v) is 4.73. The Morgan fingerprint density at radius 2 is 1.95 bits per heavy atom. The Bertz CT molecular complexity index is 419. The Balaban J connectivity index is 1.70. The Kier molecular flexibility index (Phi) is 4.94. The maximum atomic E-state index is 11.5. The third kappa shape index (κ3) is 5.11. The summed E-state index contributed by atoms with van der Waals surface area (Å²) >= 11 is 0. The smallest absolute Gasteiger partial charge is 0.221 e. The summed E-state index contributed by atoms with van der Waals surface area (Å²) in [7, 11) is 0. The fraction of sp³-hybridized carbons (Fsp3) is 0.615. The molecule has 6 heteroatoms. The molecule has 0 bridgehead atoms. The third-order valence-electron chi connectivity index (χ3n) is 2.82. The topological polar surface area (TPSA) is 78.9 Å². The van der Waals surface area contributed by atoms with Crippen LogP contribution >= 0.6 is 0 Å².